The highest BCUT2D eigenvalue weighted by Crippen LogP contribution is 2.35. The first-order valence-corrected chi connectivity index (χ1v) is 6.29. The summed E-state index contributed by atoms with van der Waals surface area (Å²) in [6, 6.07) is 7.39. The second-order valence-corrected chi connectivity index (χ2v) is 5.17. The number of hydrogen-bond acceptors (Lipinski definition) is 2. The molecule has 0 aliphatic carbocycles. The SMILES string of the molecule is C=CC1(C)NC(C(=O)O)Cc2c1[nH]c1ccccc21. The van der Waals surface area contributed by atoms with E-state index in [2.05, 4.69) is 16.9 Å². The van der Waals surface area contributed by atoms with Crippen LogP contribution in [0.3, 0.4) is 0 Å². The summed E-state index contributed by atoms with van der Waals surface area (Å²) in [5, 5.41) is 13.5. The highest BCUT2D eigenvalue weighted by molar-refractivity contribution is 5.87. The van der Waals surface area contributed by atoms with E-state index < -0.39 is 17.6 Å². The number of aromatic amines is 1. The Morgan fingerprint density at radius 1 is 1.53 bits per heavy atom. The Morgan fingerprint density at radius 2 is 2.26 bits per heavy atom. The van der Waals surface area contributed by atoms with E-state index in [9.17, 15) is 9.90 Å². The van der Waals surface area contributed by atoms with Crippen molar-refractivity contribution in [3.05, 3.63) is 48.2 Å². The minimum atomic E-state index is -0.830. The summed E-state index contributed by atoms with van der Waals surface area (Å²) in [5.74, 6) is -0.830. The molecule has 0 bridgehead atoms. The molecule has 3 N–H and O–H groups in total. The molecule has 1 aromatic carbocycles. The smallest absolute Gasteiger partial charge is 0.321 e. The first-order chi connectivity index (χ1) is 9.05. The molecule has 4 heteroatoms. The molecule has 0 saturated carbocycles. The van der Waals surface area contributed by atoms with Crippen LogP contribution in [0.4, 0.5) is 0 Å². The number of H-pyrrole nitrogens is 1. The number of aliphatic carboxylic acids is 1. The normalized spacial score (nSPS) is 26.1. The van der Waals surface area contributed by atoms with Gasteiger partial charge in [0.25, 0.3) is 0 Å². The van der Waals surface area contributed by atoms with Crippen LogP contribution in [-0.2, 0) is 16.8 Å². The zero-order chi connectivity index (χ0) is 13.6. The summed E-state index contributed by atoms with van der Waals surface area (Å²) in [6.07, 6.45) is 2.24. The monoisotopic (exact) mass is 256 g/mol. The van der Waals surface area contributed by atoms with Gasteiger partial charge in [-0.1, -0.05) is 24.3 Å². The first kappa shape index (κ1) is 12.0. The summed E-state index contributed by atoms with van der Waals surface area (Å²) in [7, 11) is 0. The molecular weight excluding hydrogens is 240 g/mol. The third kappa shape index (κ3) is 1.68. The molecule has 4 nitrogen and oxygen atoms in total. The van der Waals surface area contributed by atoms with Crippen molar-refractivity contribution in [1.82, 2.24) is 10.3 Å². The lowest BCUT2D eigenvalue weighted by molar-refractivity contribution is -0.140. The number of rotatable bonds is 2. The van der Waals surface area contributed by atoms with Crippen molar-refractivity contribution in [3.8, 4) is 0 Å². The minimum Gasteiger partial charge on any atom is -0.480 e. The highest BCUT2D eigenvalue weighted by Gasteiger charge is 2.38. The molecule has 2 heterocycles. The molecule has 98 valence electrons. The maximum absolute atomic E-state index is 11.3. The zero-order valence-electron chi connectivity index (χ0n) is 10.7. The lowest BCUT2D eigenvalue weighted by Gasteiger charge is -2.36. The van der Waals surface area contributed by atoms with Gasteiger partial charge in [-0.3, -0.25) is 10.1 Å². The molecule has 19 heavy (non-hydrogen) atoms. The van der Waals surface area contributed by atoms with Crippen molar-refractivity contribution in [3.63, 3.8) is 0 Å². The van der Waals surface area contributed by atoms with Gasteiger partial charge in [-0.2, -0.15) is 0 Å². The third-order valence-electron chi connectivity index (χ3n) is 3.92. The maximum atomic E-state index is 11.3. The van der Waals surface area contributed by atoms with Crippen LogP contribution in [0, 0.1) is 0 Å². The van der Waals surface area contributed by atoms with E-state index in [0.717, 1.165) is 22.2 Å². The van der Waals surface area contributed by atoms with E-state index in [4.69, 9.17) is 0 Å². The highest BCUT2D eigenvalue weighted by atomic mass is 16.4. The zero-order valence-corrected chi connectivity index (χ0v) is 10.7. The van der Waals surface area contributed by atoms with Crippen LogP contribution in [0.15, 0.2) is 36.9 Å². The lowest BCUT2D eigenvalue weighted by atomic mass is 9.85. The standard InChI is InChI=1S/C15H16N2O2/c1-3-15(2)13-10(8-12(17-15)14(18)19)9-6-4-5-7-11(9)16-13/h3-7,12,16-17H,1,8H2,2H3,(H,18,19). The van der Waals surface area contributed by atoms with Gasteiger partial charge in [0.1, 0.15) is 6.04 Å². The fraction of sp³-hybridized carbons (Fsp3) is 0.267. The van der Waals surface area contributed by atoms with Gasteiger partial charge in [-0.15, -0.1) is 6.58 Å². The molecule has 1 aliphatic rings. The Hall–Kier alpha value is -2.07. The quantitative estimate of drug-likeness (QED) is 0.721. The first-order valence-electron chi connectivity index (χ1n) is 6.29. The van der Waals surface area contributed by atoms with Gasteiger partial charge in [0.05, 0.1) is 5.54 Å². The van der Waals surface area contributed by atoms with Crippen LogP contribution in [-0.4, -0.2) is 22.1 Å². The van der Waals surface area contributed by atoms with Gasteiger partial charge in [-0.25, -0.2) is 0 Å². The Kier molecular flexibility index (Phi) is 2.50. The summed E-state index contributed by atoms with van der Waals surface area (Å²) >= 11 is 0. The fourth-order valence-electron chi connectivity index (χ4n) is 2.85. The summed E-state index contributed by atoms with van der Waals surface area (Å²) < 4.78 is 0. The third-order valence-corrected chi connectivity index (χ3v) is 3.92. The fourth-order valence-corrected chi connectivity index (χ4v) is 2.85. The summed E-state index contributed by atoms with van der Waals surface area (Å²) in [6.45, 7) is 5.79. The number of fused-ring (bicyclic) bond motifs is 3. The van der Waals surface area contributed by atoms with Gasteiger partial charge >= 0.3 is 5.97 Å². The van der Waals surface area contributed by atoms with E-state index >= 15 is 0 Å². The molecule has 0 fully saturated rings. The molecule has 0 saturated heterocycles. The van der Waals surface area contributed by atoms with Crippen LogP contribution in [0.1, 0.15) is 18.2 Å². The van der Waals surface area contributed by atoms with Crippen molar-refractivity contribution in [2.45, 2.75) is 24.9 Å². The maximum Gasteiger partial charge on any atom is 0.321 e. The van der Waals surface area contributed by atoms with Crippen molar-refractivity contribution < 1.29 is 9.90 Å². The average molecular weight is 256 g/mol. The predicted molar refractivity (Wildman–Crippen MR) is 74.1 cm³/mol. The van der Waals surface area contributed by atoms with Crippen LogP contribution >= 0.6 is 0 Å². The van der Waals surface area contributed by atoms with E-state index in [-0.39, 0.29) is 0 Å². The number of carboxylic acid groups (broad SMARTS) is 1. The molecule has 0 amide bonds. The second-order valence-electron chi connectivity index (χ2n) is 5.17. The van der Waals surface area contributed by atoms with E-state index in [1.807, 2.05) is 31.2 Å². The Labute approximate surface area is 111 Å². The van der Waals surface area contributed by atoms with Crippen molar-refractivity contribution in [2.75, 3.05) is 0 Å². The Morgan fingerprint density at radius 3 is 2.95 bits per heavy atom. The Balaban J connectivity index is 2.26. The number of hydrogen-bond donors (Lipinski definition) is 3. The van der Waals surface area contributed by atoms with Crippen molar-refractivity contribution in [1.29, 1.82) is 0 Å². The second kappa shape index (κ2) is 3.96. The predicted octanol–water partition coefficient (Wildman–Crippen LogP) is 2.17. The van der Waals surface area contributed by atoms with Crippen LogP contribution in [0.25, 0.3) is 10.9 Å². The summed E-state index contributed by atoms with van der Waals surface area (Å²) in [5.41, 5.74) is 2.58. The van der Waals surface area contributed by atoms with Gasteiger partial charge in [0.2, 0.25) is 0 Å². The minimum absolute atomic E-state index is 0.484. The van der Waals surface area contributed by atoms with Crippen molar-refractivity contribution >= 4 is 16.9 Å². The molecule has 2 unspecified atom stereocenters. The molecule has 3 rings (SSSR count). The molecule has 0 radical (unpaired) electrons. The van der Waals surface area contributed by atoms with Gasteiger partial charge in [-0.05, 0) is 18.6 Å². The topological polar surface area (TPSA) is 65.1 Å². The molecule has 2 aromatic rings. The molecule has 1 aromatic heterocycles. The molecule has 0 spiro atoms. The molecular formula is C15H16N2O2. The van der Waals surface area contributed by atoms with Crippen LogP contribution in [0.5, 0.6) is 0 Å². The van der Waals surface area contributed by atoms with Gasteiger partial charge in [0, 0.05) is 23.0 Å². The van der Waals surface area contributed by atoms with E-state index in [0.29, 0.717) is 6.42 Å². The average Bonchev–Trinajstić information content (AvgIpc) is 2.78. The largest absolute Gasteiger partial charge is 0.480 e. The number of carbonyl (C=O) groups is 1. The molecule has 2 atom stereocenters. The number of carboxylic acids is 1. The van der Waals surface area contributed by atoms with E-state index in [1.54, 1.807) is 6.08 Å². The van der Waals surface area contributed by atoms with E-state index in [1.165, 1.54) is 0 Å². The van der Waals surface area contributed by atoms with Crippen LogP contribution < -0.4 is 5.32 Å². The summed E-state index contributed by atoms with van der Waals surface area (Å²) in [4.78, 5) is 14.7. The number of nitrogens with one attached hydrogen (secondary N) is 2. The van der Waals surface area contributed by atoms with Crippen LogP contribution in [0.2, 0.25) is 0 Å². The lowest BCUT2D eigenvalue weighted by Crippen LogP contribution is -2.53. The van der Waals surface area contributed by atoms with Gasteiger partial charge < -0.3 is 10.1 Å². The van der Waals surface area contributed by atoms with Gasteiger partial charge in [0.15, 0.2) is 0 Å². The Bertz CT molecular complexity index is 674. The number of aromatic nitrogens is 1. The van der Waals surface area contributed by atoms with Crippen molar-refractivity contribution in [2.24, 2.45) is 0 Å². The molecule has 1 aliphatic heterocycles. The number of benzene rings is 1. The number of para-hydroxylation sites is 1.